The third-order valence-corrected chi connectivity index (χ3v) is 5.75. The fourth-order valence-electron chi connectivity index (χ4n) is 4.00. The summed E-state index contributed by atoms with van der Waals surface area (Å²) in [6.07, 6.45) is 0.775. The monoisotopic (exact) mass is 425 g/mol. The number of carbonyl (C=O) groups excluding carboxylic acids is 2. The van der Waals surface area contributed by atoms with E-state index in [1.807, 2.05) is 55.6 Å². The predicted octanol–water partition coefficient (Wildman–Crippen LogP) is 1.31. The van der Waals surface area contributed by atoms with Crippen LogP contribution in [-0.4, -0.2) is 62.2 Å². The molecule has 1 fully saturated rings. The molecule has 1 aliphatic rings. The highest BCUT2D eigenvalue weighted by molar-refractivity contribution is 5.80. The van der Waals surface area contributed by atoms with Gasteiger partial charge in [-0.3, -0.25) is 9.59 Å². The average Bonchev–Trinajstić information content (AvgIpc) is 3.20. The van der Waals surface area contributed by atoms with E-state index < -0.39 is 12.5 Å². The van der Waals surface area contributed by atoms with Crippen molar-refractivity contribution >= 4 is 11.8 Å². The van der Waals surface area contributed by atoms with Gasteiger partial charge in [-0.05, 0) is 42.3 Å². The molecular weight excluding hydrogens is 394 g/mol. The van der Waals surface area contributed by atoms with E-state index >= 15 is 0 Å². The van der Waals surface area contributed by atoms with Crippen LogP contribution in [0.5, 0.6) is 5.75 Å². The van der Waals surface area contributed by atoms with Crippen molar-refractivity contribution in [1.82, 2.24) is 15.5 Å². The molecule has 3 rings (SSSR count). The van der Waals surface area contributed by atoms with Crippen molar-refractivity contribution in [3.8, 4) is 5.75 Å². The maximum atomic E-state index is 12.9. The number of benzene rings is 2. The Morgan fingerprint density at radius 1 is 1.03 bits per heavy atom. The van der Waals surface area contributed by atoms with Gasteiger partial charge in [0.25, 0.3) is 0 Å². The molecule has 2 aromatic rings. The Balaban J connectivity index is 1.55. The number of amides is 2. The van der Waals surface area contributed by atoms with E-state index in [1.54, 1.807) is 7.11 Å². The lowest BCUT2D eigenvalue weighted by Crippen LogP contribution is -2.35. The maximum Gasteiger partial charge on any atom is 0.245 e. The number of ether oxygens (including phenoxy) is 1. The summed E-state index contributed by atoms with van der Waals surface area (Å²) in [5.74, 6) is 0.550. The first-order chi connectivity index (χ1) is 15.0. The Morgan fingerprint density at radius 2 is 1.71 bits per heavy atom. The molecule has 31 heavy (non-hydrogen) atoms. The van der Waals surface area contributed by atoms with Crippen LogP contribution in [-0.2, 0) is 22.6 Å². The fourth-order valence-corrected chi connectivity index (χ4v) is 4.00. The number of nitrogens with one attached hydrogen (secondary N) is 2. The van der Waals surface area contributed by atoms with Crippen LogP contribution in [0.1, 0.15) is 22.6 Å². The fraction of sp³-hybridized carbons (Fsp3) is 0.417. The lowest BCUT2D eigenvalue weighted by Gasteiger charge is -2.19. The van der Waals surface area contributed by atoms with Gasteiger partial charge in [0.2, 0.25) is 11.8 Å². The first-order valence-electron chi connectivity index (χ1n) is 10.6. The summed E-state index contributed by atoms with van der Waals surface area (Å²) in [7, 11) is 3.68. The number of carbonyl (C=O) groups is 2. The third kappa shape index (κ3) is 6.29. The van der Waals surface area contributed by atoms with Crippen molar-refractivity contribution in [2.45, 2.75) is 18.9 Å². The Bertz CT molecular complexity index is 867. The highest BCUT2D eigenvalue weighted by Crippen LogP contribution is 2.32. The van der Waals surface area contributed by atoms with Crippen LogP contribution >= 0.6 is 0 Å². The molecule has 1 aliphatic heterocycles. The van der Waals surface area contributed by atoms with Gasteiger partial charge in [-0.25, -0.2) is 0 Å². The smallest absolute Gasteiger partial charge is 0.245 e. The molecule has 2 atom stereocenters. The lowest BCUT2D eigenvalue weighted by molar-refractivity contribution is -0.125. The van der Waals surface area contributed by atoms with Crippen LogP contribution in [0.2, 0.25) is 0 Å². The summed E-state index contributed by atoms with van der Waals surface area (Å²) in [5.41, 5.74) is 3.24. The van der Waals surface area contributed by atoms with Crippen LogP contribution in [0.15, 0.2) is 48.5 Å². The summed E-state index contributed by atoms with van der Waals surface area (Å²) in [6, 6.07) is 15.9. The predicted molar refractivity (Wildman–Crippen MR) is 119 cm³/mol. The molecule has 2 amide bonds. The third-order valence-electron chi connectivity index (χ3n) is 5.75. The number of aliphatic hydroxyl groups is 1. The van der Waals surface area contributed by atoms with Crippen molar-refractivity contribution < 1.29 is 19.4 Å². The maximum absolute atomic E-state index is 12.9. The van der Waals surface area contributed by atoms with Gasteiger partial charge in [-0.1, -0.05) is 36.4 Å². The van der Waals surface area contributed by atoms with E-state index in [2.05, 4.69) is 15.5 Å². The van der Waals surface area contributed by atoms with Crippen molar-refractivity contribution in [3.63, 3.8) is 0 Å². The summed E-state index contributed by atoms with van der Waals surface area (Å²) in [4.78, 5) is 26.3. The Kier molecular flexibility index (Phi) is 8.03. The van der Waals surface area contributed by atoms with Gasteiger partial charge in [-0.2, -0.15) is 0 Å². The summed E-state index contributed by atoms with van der Waals surface area (Å²) in [6.45, 7) is 2.02. The molecule has 1 saturated heterocycles. The average molecular weight is 426 g/mol. The van der Waals surface area contributed by atoms with Gasteiger partial charge < -0.3 is 25.4 Å². The highest BCUT2D eigenvalue weighted by atomic mass is 16.5. The zero-order valence-corrected chi connectivity index (χ0v) is 18.1. The van der Waals surface area contributed by atoms with Gasteiger partial charge in [0, 0.05) is 32.1 Å². The standard InChI is InChI=1S/C24H31N3O4/c1-27-14-21(19-7-3-18(4-8-19)13-26-23(29)16-28)22(15-27)24(30)25-12-11-17-5-9-20(31-2)10-6-17/h3-10,21-22,28H,11-16H2,1-2H3,(H,25,30)(H,26,29)/t21-,22+/m0/s1. The number of hydrogen-bond acceptors (Lipinski definition) is 5. The van der Waals surface area contributed by atoms with Crippen molar-refractivity contribution in [1.29, 1.82) is 0 Å². The van der Waals surface area contributed by atoms with E-state index in [9.17, 15) is 9.59 Å². The summed E-state index contributed by atoms with van der Waals surface area (Å²) in [5, 5.41) is 14.5. The number of rotatable bonds is 9. The SMILES string of the molecule is COc1ccc(CCNC(=O)[C@@H]2CN(C)C[C@H]2c2ccc(CNC(=O)CO)cc2)cc1. The molecule has 0 spiro atoms. The van der Waals surface area contributed by atoms with E-state index in [-0.39, 0.29) is 17.7 Å². The first kappa shape index (κ1) is 22.8. The van der Waals surface area contributed by atoms with Gasteiger partial charge in [0.05, 0.1) is 13.0 Å². The lowest BCUT2D eigenvalue weighted by atomic mass is 9.88. The van der Waals surface area contributed by atoms with Gasteiger partial charge in [0.15, 0.2) is 0 Å². The van der Waals surface area contributed by atoms with Crippen LogP contribution < -0.4 is 15.4 Å². The summed E-state index contributed by atoms with van der Waals surface area (Å²) < 4.78 is 5.18. The number of methoxy groups -OCH3 is 1. The minimum absolute atomic E-state index is 0.0853. The topological polar surface area (TPSA) is 90.9 Å². The molecule has 0 bridgehead atoms. The molecule has 0 saturated carbocycles. The number of hydrogen-bond donors (Lipinski definition) is 3. The molecule has 7 heteroatoms. The molecule has 0 unspecified atom stereocenters. The minimum atomic E-state index is -0.512. The summed E-state index contributed by atoms with van der Waals surface area (Å²) >= 11 is 0. The van der Waals surface area contributed by atoms with Crippen LogP contribution in [0.3, 0.4) is 0 Å². The highest BCUT2D eigenvalue weighted by Gasteiger charge is 2.36. The largest absolute Gasteiger partial charge is 0.497 e. The number of likely N-dealkylation sites (N-methyl/N-ethyl adjacent to an activating group) is 1. The second-order valence-electron chi connectivity index (χ2n) is 8.00. The molecular formula is C24H31N3O4. The molecule has 1 heterocycles. The normalized spacial score (nSPS) is 18.5. The number of likely N-dealkylation sites (tertiary alicyclic amines) is 1. The second-order valence-corrected chi connectivity index (χ2v) is 8.00. The Labute approximate surface area is 183 Å². The van der Waals surface area contributed by atoms with E-state index in [1.165, 1.54) is 0 Å². The molecule has 0 radical (unpaired) electrons. The molecule has 0 aliphatic carbocycles. The van der Waals surface area contributed by atoms with Gasteiger partial charge in [-0.15, -0.1) is 0 Å². The zero-order valence-electron chi connectivity index (χ0n) is 18.1. The van der Waals surface area contributed by atoms with Crippen molar-refractivity contribution in [2.24, 2.45) is 5.92 Å². The number of aliphatic hydroxyl groups excluding tert-OH is 1. The first-order valence-corrected chi connectivity index (χ1v) is 10.6. The van der Waals surface area contributed by atoms with Crippen molar-refractivity contribution in [3.05, 3.63) is 65.2 Å². The van der Waals surface area contributed by atoms with E-state index in [0.717, 1.165) is 42.0 Å². The Hall–Kier alpha value is -2.90. The van der Waals surface area contributed by atoms with E-state index in [0.29, 0.717) is 13.1 Å². The second kappa shape index (κ2) is 10.9. The van der Waals surface area contributed by atoms with Crippen LogP contribution in [0, 0.1) is 5.92 Å². The molecule has 2 aromatic carbocycles. The molecule has 0 aromatic heterocycles. The van der Waals surface area contributed by atoms with Gasteiger partial charge in [0.1, 0.15) is 12.4 Å². The van der Waals surface area contributed by atoms with Crippen LogP contribution in [0.25, 0.3) is 0 Å². The van der Waals surface area contributed by atoms with E-state index in [4.69, 9.17) is 9.84 Å². The quantitative estimate of drug-likeness (QED) is 0.564. The van der Waals surface area contributed by atoms with Crippen LogP contribution in [0.4, 0.5) is 0 Å². The molecule has 3 N–H and O–H groups in total. The molecule has 166 valence electrons. The van der Waals surface area contributed by atoms with Crippen molar-refractivity contribution in [2.75, 3.05) is 40.4 Å². The van der Waals surface area contributed by atoms with Gasteiger partial charge >= 0.3 is 0 Å². The number of nitrogens with zero attached hydrogens (tertiary/aromatic N) is 1. The minimum Gasteiger partial charge on any atom is -0.497 e. The Morgan fingerprint density at radius 3 is 2.35 bits per heavy atom. The zero-order chi connectivity index (χ0) is 22.2. The molecule has 7 nitrogen and oxygen atoms in total.